The molecular weight excluding hydrogens is 262 g/mol. The smallest absolute Gasteiger partial charge is 0.221 e. The van der Waals surface area contributed by atoms with Gasteiger partial charge in [0.15, 0.2) is 0 Å². The Bertz CT molecular complexity index is 353. The van der Waals surface area contributed by atoms with Crippen LogP contribution in [-0.2, 0) is 11.3 Å². The van der Waals surface area contributed by atoms with Crippen molar-refractivity contribution < 1.29 is 4.79 Å². The van der Waals surface area contributed by atoms with Crippen molar-refractivity contribution in [3.05, 3.63) is 20.8 Å². The van der Waals surface area contributed by atoms with Crippen molar-refractivity contribution >= 4 is 33.2 Å². The van der Waals surface area contributed by atoms with Gasteiger partial charge in [0.1, 0.15) is 0 Å². The predicted molar refractivity (Wildman–Crippen MR) is 61.9 cm³/mol. The first kappa shape index (κ1) is 11.3. The molecule has 0 fully saturated rings. The number of terminal acetylenes is 1. The van der Waals surface area contributed by atoms with Gasteiger partial charge in [-0.15, -0.1) is 23.7 Å². The van der Waals surface area contributed by atoms with Crippen molar-refractivity contribution in [2.24, 2.45) is 0 Å². The summed E-state index contributed by atoms with van der Waals surface area (Å²) in [5.41, 5.74) is 0. The lowest BCUT2D eigenvalue weighted by Gasteiger charge is -2.00. The Morgan fingerprint density at radius 3 is 3.07 bits per heavy atom. The van der Waals surface area contributed by atoms with Crippen LogP contribution in [-0.4, -0.2) is 5.91 Å². The van der Waals surface area contributed by atoms with Crippen LogP contribution in [0.3, 0.4) is 0 Å². The van der Waals surface area contributed by atoms with Gasteiger partial charge >= 0.3 is 0 Å². The van der Waals surface area contributed by atoms with Crippen LogP contribution in [0.1, 0.15) is 17.7 Å². The zero-order valence-corrected chi connectivity index (χ0v) is 9.95. The van der Waals surface area contributed by atoms with Crippen molar-refractivity contribution in [1.29, 1.82) is 0 Å². The number of halogens is 1. The molecule has 1 heterocycles. The molecule has 14 heavy (non-hydrogen) atoms. The van der Waals surface area contributed by atoms with Gasteiger partial charge in [-0.2, -0.15) is 0 Å². The first-order valence-electron chi connectivity index (χ1n) is 4.15. The molecule has 0 aliphatic heterocycles. The van der Waals surface area contributed by atoms with Crippen LogP contribution in [0.5, 0.6) is 0 Å². The topological polar surface area (TPSA) is 29.1 Å². The average molecular weight is 272 g/mol. The van der Waals surface area contributed by atoms with Gasteiger partial charge in [0.05, 0.1) is 6.54 Å². The Balaban J connectivity index is 2.27. The Morgan fingerprint density at radius 2 is 2.50 bits per heavy atom. The molecule has 0 saturated heterocycles. The zero-order chi connectivity index (χ0) is 10.4. The first-order valence-corrected chi connectivity index (χ1v) is 5.82. The number of hydrogen-bond donors (Lipinski definition) is 1. The van der Waals surface area contributed by atoms with E-state index in [0.29, 0.717) is 19.4 Å². The number of hydrogen-bond acceptors (Lipinski definition) is 2. The molecule has 0 radical (unpaired) electrons. The highest BCUT2D eigenvalue weighted by Crippen LogP contribution is 2.19. The molecule has 0 atom stereocenters. The maximum Gasteiger partial charge on any atom is 0.221 e. The maximum atomic E-state index is 11.2. The van der Waals surface area contributed by atoms with Crippen LogP contribution in [0.2, 0.25) is 0 Å². The number of thiophene rings is 1. The van der Waals surface area contributed by atoms with Gasteiger partial charge in [0.25, 0.3) is 0 Å². The normalized spacial score (nSPS) is 9.43. The van der Waals surface area contributed by atoms with E-state index in [9.17, 15) is 4.79 Å². The van der Waals surface area contributed by atoms with Crippen LogP contribution in [0.15, 0.2) is 15.9 Å². The monoisotopic (exact) mass is 271 g/mol. The van der Waals surface area contributed by atoms with Gasteiger partial charge in [0.2, 0.25) is 5.91 Å². The summed E-state index contributed by atoms with van der Waals surface area (Å²) in [6.45, 7) is 0.583. The summed E-state index contributed by atoms with van der Waals surface area (Å²) < 4.78 is 1.05. The molecule has 0 saturated carbocycles. The molecular formula is C10H10BrNOS. The first-order chi connectivity index (χ1) is 6.72. The van der Waals surface area contributed by atoms with Crippen LogP contribution >= 0.6 is 27.3 Å². The van der Waals surface area contributed by atoms with Crippen LogP contribution < -0.4 is 5.32 Å². The minimum Gasteiger partial charge on any atom is -0.351 e. The highest BCUT2D eigenvalue weighted by Gasteiger charge is 2.01. The zero-order valence-electron chi connectivity index (χ0n) is 7.55. The molecule has 0 aliphatic carbocycles. The number of carbonyl (C=O) groups is 1. The van der Waals surface area contributed by atoms with E-state index >= 15 is 0 Å². The van der Waals surface area contributed by atoms with Gasteiger partial charge in [-0.3, -0.25) is 4.79 Å². The van der Waals surface area contributed by atoms with E-state index in [2.05, 4.69) is 27.2 Å². The average Bonchev–Trinajstić information content (AvgIpc) is 2.58. The van der Waals surface area contributed by atoms with E-state index in [-0.39, 0.29) is 5.91 Å². The Labute approximate surface area is 95.8 Å². The van der Waals surface area contributed by atoms with E-state index in [4.69, 9.17) is 6.42 Å². The van der Waals surface area contributed by atoms with E-state index in [1.807, 2.05) is 11.4 Å². The second-order valence-corrected chi connectivity index (χ2v) is 4.62. The summed E-state index contributed by atoms with van der Waals surface area (Å²) in [6, 6.07) is 1.99. The number of amides is 1. The highest BCUT2D eigenvalue weighted by molar-refractivity contribution is 9.10. The van der Waals surface area contributed by atoms with Crippen molar-refractivity contribution in [3.63, 3.8) is 0 Å². The summed E-state index contributed by atoms with van der Waals surface area (Å²) >= 11 is 4.97. The molecule has 74 valence electrons. The largest absolute Gasteiger partial charge is 0.351 e. The molecule has 0 aromatic carbocycles. The number of nitrogens with one attached hydrogen (secondary N) is 1. The quantitative estimate of drug-likeness (QED) is 0.838. The summed E-state index contributed by atoms with van der Waals surface area (Å²) in [4.78, 5) is 12.3. The van der Waals surface area contributed by atoms with Gasteiger partial charge in [0, 0.05) is 27.6 Å². The second-order valence-electron chi connectivity index (χ2n) is 2.71. The fourth-order valence-corrected chi connectivity index (χ4v) is 2.30. The van der Waals surface area contributed by atoms with Crippen LogP contribution in [0, 0.1) is 12.3 Å². The van der Waals surface area contributed by atoms with E-state index < -0.39 is 0 Å². The highest BCUT2D eigenvalue weighted by atomic mass is 79.9. The minimum atomic E-state index is 0.00692. The molecule has 0 spiro atoms. The Morgan fingerprint density at radius 1 is 1.71 bits per heavy atom. The van der Waals surface area contributed by atoms with Gasteiger partial charge in [-0.25, -0.2) is 0 Å². The van der Waals surface area contributed by atoms with E-state index in [1.54, 1.807) is 11.3 Å². The number of rotatable bonds is 4. The van der Waals surface area contributed by atoms with Crippen molar-refractivity contribution in [1.82, 2.24) is 5.32 Å². The summed E-state index contributed by atoms with van der Waals surface area (Å²) in [6.07, 6.45) is 5.96. The summed E-state index contributed by atoms with van der Waals surface area (Å²) in [5.74, 6) is 2.44. The third-order valence-corrected chi connectivity index (χ3v) is 3.28. The van der Waals surface area contributed by atoms with Crippen LogP contribution in [0.4, 0.5) is 0 Å². The molecule has 2 nitrogen and oxygen atoms in total. The molecule has 0 bridgehead atoms. The van der Waals surface area contributed by atoms with Crippen molar-refractivity contribution in [3.8, 4) is 12.3 Å². The minimum absolute atomic E-state index is 0.00692. The molecule has 1 aromatic heterocycles. The third kappa shape index (κ3) is 3.95. The molecule has 1 rings (SSSR count). The fourth-order valence-electron chi connectivity index (χ4n) is 0.906. The molecule has 4 heteroatoms. The predicted octanol–water partition coefficient (Wildman–Crippen LogP) is 2.54. The standard InChI is InChI=1S/C10H10BrNOS/c1-2-3-4-10(13)12-6-9-5-8(11)7-14-9/h1,5,7H,3-4,6H2,(H,12,13). The lowest BCUT2D eigenvalue weighted by Crippen LogP contribution is -2.21. The molecule has 1 N–H and O–H groups in total. The molecule has 1 aromatic rings. The van der Waals surface area contributed by atoms with Crippen molar-refractivity contribution in [2.75, 3.05) is 0 Å². The van der Waals surface area contributed by atoms with E-state index in [0.717, 1.165) is 9.35 Å². The van der Waals surface area contributed by atoms with Crippen LogP contribution in [0.25, 0.3) is 0 Å². The second kappa shape index (κ2) is 5.84. The SMILES string of the molecule is C#CCCC(=O)NCc1cc(Br)cs1. The summed E-state index contributed by atoms with van der Waals surface area (Å²) in [5, 5.41) is 4.79. The van der Waals surface area contributed by atoms with Gasteiger partial charge in [-0.05, 0) is 22.0 Å². The van der Waals surface area contributed by atoms with Gasteiger partial charge in [-0.1, -0.05) is 0 Å². The molecule has 0 aliphatic rings. The maximum absolute atomic E-state index is 11.2. The number of carbonyl (C=O) groups excluding carboxylic acids is 1. The van der Waals surface area contributed by atoms with E-state index in [1.165, 1.54) is 0 Å². The molecule has 1 amide bonds. The molecule has 0 unspecified atom stereocenters. The van der Waals surface area contributed by atoms with Gasteiger partial charge < -0.3 is 5.32 Å². The Hall–Kier alpha value is -0.790. The van der Waals surface area contributed by atoms with Crippen molar-refractivity contribution in [2.45, 2.75) is 19.4 Å². The lowest BCUT2D eigenvalue weighted by atomic mass is 10.3. The lowest BCUT2D eigenvalue weighted by molar-refractivity contribution is -0.121. The fraction of sp³-hybridized carbons (Fsp3) is 0.300. The third-order valence-electron chi connectivity index (χ3n) is 1.58. The summed E-state index contributed by atoms with van der Waals surface area (Å²) in [7, 11) is 0. The Kier molecular flexibility index (Phi) is 4.71.